The SMILES string of the molecule is Cc1noc(C)c1CC(=O)N1CCc2c(cnc(C)c2CNC(=O)c2ccc3c(c2)OCO3)C1. The molecule has 0 saturated carbocycles. The van der Waals surface area contributed by atoms with Crippen LogP contribution >= 0.6 is 0 Å². The largest absolute Gasteiger partial charge is 0.454 e. The van der Waals surface area contributed by atoms with E-state index < -0.39 is 0 Å². The average molecular weight is 463 g/mol. The second-order valence-corrected chi connectivity index (χ2v) is 8.62. The highest BCUT2D eigenvalue weighted by atomic mass is 16.7. The minimum absolute atomic E-state index is 0.0401. The lowest BCUT2D eigenvalue weighted by molar-refractivity contribution is -0.131. The van der Waals surface area contributed by atoms with Crippen LogP contribution in [0.15, 0.2) is 28.9 Å². The summed E-state index contributed by atoms with van der Waals surface area (Å²) < 4.78 is 15.9. The summed E-state index contributed by atoms with van der Waals surface area (Å²) in [5.41, 5.74) is 6.15. The van der Waals surface area contributed by atoms with Crippen LogP contribution in [0.1, 0.15) is 49.8 Å². The monoisotopic (exact) mass is 462 g/mol. The number of ether oxygens (including phenoxy) is 2. The predicted molar refractivity (Wildman–Crippen MR) is 122 cm³/mol. The number of nitrogens with zero attached hydrogens (tertiary/aromatic N) is 3. The molecular formula is C25H26N4O5. The molecule has 2 aliphatic heterocycles. The molecule has 0 unspecified atom stereocenters. The molecule has 9 nitrogen and oxygen atoms in total. The van der Waals surface area contributed by atoms with Crippen molar-refractivity contribution in [3.05, 3.63) is 69.4 Å². The number of benzene rings is 1. The summed E-state index contributed by atoms with van der Waals surface area (Å²) in [5.74, 6) is 1.74. The van der Waals surface area contributed by atoms with Crippen molar-refractivity contribution in [2.45, 2.75) is 46.7 Å². The third-order valence-corrected chi connectivity index (χ3v) is 6.52. The Balaban J connectivity index is 1.28. The van der Waals surface area contributed by atoms with Gasteiger partial charge in [0.2, 0.25) is 12.7 Å². The second kappa shape index (κ2) is 8.81. The van der Waals surface area contributed by atoms with Crippen molar-refractivity contribution < 1.29 is 23.6 Å². The summed E-state index contributed by atoms with van der Waals surface area (Å²) in [6.45, 7) is 7.25. The smallest absolute Gasteiger partial charge is 0.251 e. The van der Waals surface area contributed by atoms with Gasteiger partial charge < -0.3 is 24.2 Å². The summed E-state index contributed by atoms with van der Waals surface area (Å²) in [4.78, 5) is 32.1. The molecule has 2 aliphatic rings. The molecule has 0 fully saturated rings. The van der Waals surface area contributed by atoms with E-state index in [0.717, 1.165) is 33.6 Å². The Hall–Kier alpha value is -3.88. The van der Waals surface area contributed by atoms with Crippen molar-refractivity contribution in [1.29, 1.82) is 0 Å². The van der Waals surface area contributed by atoms with Gasteiger partial charge in [0.15, 0.2) is 11.5 Å². The molecule has 9 heteroatoms. The summed E-state index contributed by atoms with van der Waals surface area (Å²) >= 11 is 0. The van der Waals surface area contributed by atoms with Crippen LogP contribution in [0, 0.1) is 20.8 Å². The lowest BCUT2D eigenvalue weighted by Gasteiger charge is -2.30. The molecule has 1 N–H and O–H groups in total. The Bertz CT molecular complexity index is 1260. The Morgan fingerprint density at radius 2 is 1.91 bits per heavy atom. The average Bonchev–Trinajstić information content (AvgIpc) is 3.44. The number of fused-ring (bicyclic) bond motifs is 2. The first-order chi connectivity index (χ1) is 16.4. The fourth-order valence-electron chi connectivity index (χ4n) is 4.50. The van der Waals surface area contributed by atoms with E-state index in [4.69, 9.17) is 14.0 Å². The number of aromatic nitrogens is 2. The molecule has 2 amide bonds. The highest BCUT2D eigenvalue weighted by molar-refractivity contribution is 5.95. The summed E-state index contributed by atoms with van der Waals surface area (Å²) in [5, 5.41) is 6.94. The van der Waals surface area contributed by atoms with Crippen molar-refractivity contribution in [1.82, 2.24) is 20.4 Å². The van der Waals surface area contributed by atoms with Crippen LogP contribution in [0.2, 0.25) is 0 Å². The molecule has 0 aliphatic carbocycles. The van der Waals surface area contributed by atoms with E-state index in [9.17, 15) is 9.59 Å². The molecule has 0 radical (unpaired) electrons. The minimum atomic E-state index is -0.192. The fraction of sp³-hybridized carbons (Fsp3) is 0.360. The molecule has 2 aromatic heterocycles. The number of pyridine rings is 1. The third kappa shape index (κ3) is 4.09. The third-order valence-electron chi connectivity index (χ3n) is 6.52. The van der Waals surface area contributed by atoms with Crippen LogP contribution in [0.25, 0.3) is 0 Å². The van der Waals surface area contributed by atoms with E-state index in [1.807, 2.05) is 31.9 Å². The van der Waals surface area contributed by atoms with E-state index in [1.165, 1.54) is 0 Å². The van der Waals surface area contributed by atoms with Crippen molar-refractivity contribution >= 4 is 11.8 Å². The molecule has 0 bridgehead atoms. The van der Waals surface area contributed by atoms with Crippen LogP contribution in [0.4, 0.5) is 0 Å². The maximum Gasteiger partial charge on any atom is 0.251 e. The normalized spacial score (nSPS) is 14.1. The minimum Gasteiger partial charge on any atom is -0.454 e. The molecule has 176 valence electrons. The van der Waals surface area contributed by atoms with Gasteiger partial charge in [0.1, 0.15) is 5.76 Å². The standard InChI is InChI=1S/C25H26N4O5/c1-14-21(11-27-25(31)17-4-5-22-23(8-17)33-13-32-22)19-6-7-29(12-18(19)10-26-14)24(30)9-20-15(2)28-34-16(20)3/h4-5,8,10H,6-7,9,11-13H2,1-3H3,(H,27,31). The van der Waals surface area contributed by atoms with Gasteiger partial charge in [-0.05, 0) is 62.1 Å². The number of carbonyl (C=O) groups is 2. The zero-order chi connectivity index (χ0) is 23.8. The lowest BCUT2D eigenvalue weighted by atomic mass is 9.94. The van der Waals surface area contributed by atoms with E-state index in [1.54, 1.807) is 18.2 Å². The molecule has 3 aromatic rings. The Labute approximate surface area is 197 Å². The van der Waals surface area contributed by atoms with Gasteiger partial charge in [0.25, 0.3) is 5.91 Å². The molecule has 0 saturated heterocycles. The molecule has 0 atom stereocenters. The van der Waals surface area contributed by atoms with Gasteiger partial charge in [0, 0.05) is 42.7 Å². The van der Waals surface area contributed by atoms with Crippen LogP contribution < -0.4 is 14.8 Å². The quantitative estimate of drug-likeness (QED) is 0.621. The van der Waals surface area contributed by atoms with Crippen LogP contribution in [0.5, 0.6) is 11.5 Å². The van der Waals surface area contributed by atoms with Crippen molar-refractivity contribution in [3.8, 4) is 11.5 Å². The van der Waals surface area contributed by atoms with Gasteiger partial charge in [-0.25, -0.2) is 0 Å². The molecule has 34 heavy (non-hydrogen) atoms. The van der Waals surface area contributed by atoms with Gasteiger partial charge in [-0.15, -0.1) is 0 Å². The summed E-state index contributed by atoms with van der Waals surface area (Å²) in [6, 6.07) is 5.14. The first kappa shape index (κ1) is 21.9. The van der Waals surface area contributed by atoms with Gasteiger partial charge in [-0.1, -0.05) is 5.16 Å². The van der Waals surface area contributed by atoms with Crippen LogP contribution in [-0.2, 0) is 30.7 Å². The highest BCUT2D eigenvalue weighted by Gasteiger charge is 2.26. The highest BCUT2D eigenvalue weighted by Crippen LogP contribution is 2.32. The molecule has 4 heterocycles. The van der Waals surface area contributed by atoms with E-state index in [-0.39, 0.29) is 25.0 Å². The fourth-order valence-corrected chi connectivity index (χ4v) is 4.50. The number of aryl methyl sites for hydroxylation is 3. The summed E-state index contributed by atoms with van der Waals surface area (Å²) in [6.07, 6.45) is 2.82. The number of carbonyl (C=O) groups excluding carboxylic acids is 2. The van der Waals surface area contributed by atoms with Gasteiger partial charge in [-0.2, -0.15) is 0 Å². The number of rotatable bonds is 5. The molecule has 1 aromatic carbocycles. The Morgan fingerprint density at radius 3 is 2.71 bits per heavy atom. The number of nitrogens with one attached hydrogen (secondary N) is 1. The summed E-state index contributed by atoms with van der Waals surface area (Å²) in [7, 11) is 0. The van der Waals surface area contributed by atoms with Crippen molar-refractivity contribution in [2.24, 2.45) is 0 Å². The number of amides is 2. The van der Waals surface area contributed by atoms with Gasteiger partial charge in [0.05, 0.1) is 12.1 Å². The predicted octanol–water partition coefficient (Wildman–Crippen LogP) is 2.78. The Kier molecular flexibility index (Phi) is 5.69. The first-order valence-corrected chi connectivity index (χ1v) is 11.2. The zero-order valence-corrected chi connectivity index (χ0v) is 19.4. The maximum absolute atomic E-state index is 12.9. The van der Waals surface area contributed by atoms with E-state index in [0.29, 0.717) is 48.9 Å². The molecule has 5 rings (SSSR count). The van der Waals surface area contributed by atoms with Crippen molar-refractivity contribution in [3.63, 3.8) is 0 Å². The van der Waals surface area contributed by atoms with Crippen LogP contribution in [-0.4, -0.2) is 40.2 Å². The van der Waals surface area contributed by atoms with Crippen molar-refractivity contribution in [2.75, 3.05) is 13.3 Å². The van der Waals surface area contributed by atoms with E-state index >= 15 is 0 Å². The second-order valence-electron chi connectivity index (χ2n) is 8.62. The van der Waals surface area contributed by atoms with Gasteiger partial charge >= 0.3 is 0 Å². The Morgan fingerprint density at radius 1 is 1.09 bits per heavy atom. The molecular weight excluding hydrogens is 436 g/mol. The van der Waals surface area contributed by atoms with E-state index in [2.05, 4.69) is 15.5 Å². The number of hydrogen-bond donors (Lipinski definition) is 1. The zero-order valence-electron chi connectivity index (χ0n) is 19.4. The van der Waals surface area contributed by atoms with Gasteiger partial charge in [-0.3, -0.25) is 14.6 Å². The first-order valence-electron chi connectivity index (χ1n) is 11.2. The molecule has 0 spiro atoms. The number of hydrogen-bond acceptors (Lipinski definition) is 7. The lowest BCUT2D eigenvalue weighted by Crippen LogP contribution is -2.38. The topological polar surface area (TPSA) is 107 Å². The maximum atomic E-state index is 12.9. The van der Waals surface area contributed by atoms with Crippen LogP contribution in [0.3, 0.4) is 0 Å².